The number of aromatic nitrogens is 4. The van der Waals surface area contributed by atoms with Gasteiger partial charge in [0.1, 0.15) is 17.3 Å². The minimum absolute atomic E-state index is 0.0939. The molecule has 35 heavy (non-hydrogen) atoms. The van der Waals surface area contributed by atoms with E-state index >= 15 is 0 Å². The monoisotopic (exact) mass is 487 g/mol. The number of anilines is 4. The number of alkyl halides is 3. The molecule has 3 aromatic heterocycles. The van der Waals surface area contributed by atoms with Gasteiger partial charge in [-0.1, -0.05) is 13.0 Å². The van der Waals surface area contributed by atoms with Crippen LogP contribution in [0.3, 0.4) is 0 Å². The van der Waals surface area contributed by atoms with Gasteiger partial charge in [0.05, 0.1) is 18.5 Å². The smallest absolute Gasteiger partial charge is 0.433 e. The Labute approximate surface area is 199 Å². The molecule has 0 spiro atoms. The van der Waals surface area contributed by atoms with Crippen LogP contribution in [-0.4, -0.2) is 38.7 Å². The minimum Gasteiger partial charge on any atom is -0.453 e. The second kappa shape index (κ2) is 9.35. The van der Waals surface area contributed by atoms with Gasteiger partial charge in [0.25, 0.3) is 0 Å². The lowest BCUT2D eigenvalue weighted by atomic mass is 10.1. The molecule has 0 aromatic carbocycles. The second-order valence-electron chi connectivity index (χ2n) is 8.34. The molecule has 3 aromatic rings. The molecular formula is C23H24F3N7O2. The third-order valence-corrected chi connectivity index (χ3v) is 5.49. The van der Waals surface area contributed by atoms with Crippen LogP contribution in [0, 0.1) is 0 Å². The lowest BCUT2D eigenvalue weighted by Gasteiger charge is -2.19. The molecule has 1 amide bonds. The van der Waals surface area contributed by atoms with Crippen molar-refractivity contribution in [3.05, 3.63) is 47.8 Å². The molecule has 184 valence electrons. The summed E-state index contributed by atoms with van der Waals surface area (Å²) in [7, 11) is 1.25. The Bertz CT molecular complexity index is 1250. The van der Waals surface area contributed by atoms with Crippen LogP contribution in [0.15, 0.2) is 36.5 Å². The summed E-state index contributed by atoms with van der Waals surface area (Å²) in [4.78, 5) is 28.6. The van der Waals surface area contributed by atoms with Gasteiger partial charge in [-0.15, -0.1) is 0 Å². The maximum Gasteiger partial charge on any atom is 0.433 e. The Morgan fingerprint density at radius 1 is 1.17 bits per heavy atom. The fourth-order valence-corrected chi connectivity index (χ4v) is 3.37. The van der Waals surface area contributed by atoms with E-state index in [2.05, 4.69) is 47.5 Å². The quantitative estimate of drug-likeness (QED) is 0.406. The normalized spacial score (nSPS) is 14.2. The maximum absolute atomic E-state index is 13.1. The fourth-order valence-electron chi connectivity index (χ4n) is 3.37. The fraction of sp³-hybridized carbons (Fsp3) is 0.348. The number of carbonyl (C=O) groups is 1. The number of pyridine rings is 2. The van der Waals surface area contributed by atoms with Crippen molar-refractivity contribution in [1.29, 1.82) is 0 Å². The zero-order valence-corrected chi connectivity index (χ0v) is 19.3. The van der Waals surface area contributed by atoms with Gasteiger partial charge in [0, 0.05) is 23.0 Å². The van der Waals surface area contributed by atoms with Gasteiger partial charge < -0.3 is 15.4 Å². The van der Waals surface area contributed by atoms with Gasteiger partial charge >= 0.3 is 12.3 Å². The predicted octanol–water partition coefficient (Wildman–Crippen LogP) is 5.40. The molecule has 3 heterocycles. The molecule has 0 atom stereocenters. The minimum atomic E-state index is -4.58. The third-order valence-electron chi connectivity index (χ3n) is 5.49. The van der Waals surface area contributed by atoms with Gasteiger partial charge in [-0.25, -0.2) is 14.8 Å². The number of hydrogen-bond acceptors (Lipinski definition) is 8. The van der Waals surface area contributed by atoms with Crippen molar-refractivity contribution < 1.29 is 22.7 Å². The zero-order chi connectivity index (χ0) is 25.2. The highest BCUT2D eigenvalue weighted by atomic mass is 19.4. The summed E-state index contributed by atoms with van der Waals surface area (Å²) in [5.41, 5.74) is 0.720. The van der Waals surface area contributed by atoms with Crippen molar-refractivity contribution in [2.45, 2.75) is 44.8 Å². The van der Waals surface area contributed by atoms with Crippen molar-refractivity contribution >= 4 is 29.4 Å². The van der Waals surface area contributed by atoms with E-state index in [0.717, 1.165) is 30.7 Å². The summed E-state index contributed by atoms with van der Waals surface area (Å²) >= 11 is 0. The van der Waals surface area contributed by atoms with E-state index in [1.54, 1.807) is 18.2 Å². The van der Waals surface area contributed by atoms with Crippen LogP contribution in [0.1, 0.15) is 37.9 Å². The summed E-state index contributed by atoms with van der Waals surface area (Å²) in [6, 6.07) is 7.33. The van der Waals surface area contributed by atoms with Crippen LogP contribution in [0.2, 0.25) is 0 Å². The Balaban J connectivity index is 1.77. The third kappa shape index (κ3) is 5.76. The highest BCUT2D eigenvalue weighted by Crippen LogP contribution is 2.40. The van der Waals surface area contributed by atoms with Crippen LogP contribution in [0.5, 0.6) is 0 Å². The first-order valence-electron chi connectivity index (χ1n) is 10.9. The van der Waals surface area contributed by atoms with Crippen molar-refractivity contribution in [3.63, 3.8) is 0 Å². The number of hydrogen-bond donors (Lipinski definition) is 3. The Hall–Kier alpha value is -3.96. The van der Waals surface area contributed by atoms with E-state index in [-0.39, 0.29) is 23.0 Å². The van der Waals surface area contributed by atoms with E-state index < -0.39 is 18.0 Å². The number of carbonyl (C=O) groups excluding carboxylic acids is 1. The molecular weight excluding hydrogens is 463 g/mol. The lowest BCUT2D eigenvalue weighted by molar-refractivity contribution is -0.141. The van der Waals surface area contributed by atoms with Crippen LogP contribution in [-0.2, 0) is 17.3 Å². The van der Waals surface area contributed by atoms with E-state index in [1.165, 1.54) is 13.2 Å². The van der Waals surface area contributed by atoms with Crippen molar-refractivity contribution in [3.8, 4) is 11.4 Å². The van der Waals surface area contributed by atoms with E-state index in [0.29, 0.717) is 23.6 Å². The van der Waals surface area contributed by atoms with Crippen LogP contribution in [0.4, 0.5) is 41.2 Å². The van der Waals surface area contributed by atoms with Crippen molar-refractivity contribution in [1.82, 2.24) is 19.9 Å². The number of rotatable bonds is 7. The molecule has 1 aliphatic rings. The molecule has 1 fully saturated rings. The van der Waals surface area contributed by atoms with E-state index in [1.807, 2.05) is 6.92 Å². The summed E-state index contributed by atoms with van der Waals surface area (Å²) in [5, 5.41) is 8.82. The van der Waals surface area contributed by atoms with Gasteiger partial charge in [-0.05, 0) is 50.5 Å². The Morgan fingerprint density at radius 3 is 2.60 bits per heavy atom. The number of nitrogens with one attached hydrogen (secondary N) is 3. The van der Waals surface area contributed by atoms with Crippen LogP contribution < -0.4 is 16.0 Å². The first kappa shape index (κ1) is 24.2. The zero-order valence-electron chi connectivity index (χ0n) is 19.3. The lowest BCUT2D eigenvalue weighted by Crippen LogP contribution is -2.20. The van der Waals surface area contributed by atoms with Gasteiger partial charge in [-0.3, -0.25) is 10.3 Å². The van der Waals surface area contributed by atoms with Crippen molar-refractivity contribution in [2.75, 3.05) is 23.1 Å². The maximum atomic E-state index is 13.1. The topological polar surface area (TPSA) is 114 Å². The van der Waals surface area contributed by atoms with Gasteiger partial charge in [0.2, 0.25) is 5.95 Å². The molecule has 3 N–H and O–H groups in total. The summed E-state index contributed by atoms with van der Waals surface area (Å²) in [6.07, 6.45) is -1.68. The molecule has 0 radical (unpaired) electrons. The largest absolute Gasteiger partial charge is 0.453 e. The highest BCUT2D eigenvalue weighted by Gasteiger charge is 2.38. The number of amides is 1. The SMILES string of the molecule is CCc1c(NC2(C)CC2)nc(Nc2ccnc(C(F)(F)F)c2)nc1-c1cccc(NC(=O)OC)n1. The highest BCUT2D eigenvalue weighted by molar-refractivity contribution is 5.83. The average Bonchev–Trinajstić information content (AvgIpc) is 3.55. The summed E-state index contributed by atoms with van der Waals surface area (Å²) in [6.45, 7) is 4.02. The number of nitrogens with zero attached hydrogens (tertiary/aromatic N) is 4. The molecule has 0 unspecified atom stereocenters. The number of ether oxygens (including phenoxy) is 1. The number of halogens is 3. The molecule has 1 saturated carbocycles. The molecule has 9 nitrogen and oxygen atoms in total. The standard InChI is InChI=1S/C23H24F3N7O2/c1-4-14-18(15-6-5-7-17(29-15)30-21(34)35-3)31-20(32-19(14)33-22(2)9-10-22)28-13-8-11-27-16(12-13)23(24,25)26/h5-8,11-12H,4,9-10H2,1-3H3,(H,29,30,34)(H2,27,28,31,32,33). The molecule has 4 rings (SSSR count). The van der Waals surface area contributed by atoms with Crippen LogP contribution >= 0.6 is 0 Å². The first-order valence-corrected chi connectivity index (χ1v) is 10.9. The summed E-state index contributed by atoms with van der Waals surface area (Å²) in [5.74, 6) is 0.923. The Kier molecular flexibility index (Phi) is 6.46. The predicted molar refractivity (Wildman–Crippen MR) is 124 cm³/mol. The van der Waals surface area contributed by atoms with Gasteiger partial charge in [-0.2, -0.15) is 18.2 Å². The molecule has 0 saturated heterocycles. The van der Waals surface area contributed by atoms with E-state index in [9.17, 15) is 18.0 Å². The summed E-state index contributed by atoms with van der Waals surface area (Å²) < 4.78 is 44.0. The molecule has 1 aliphatic carbocycles. The number of methoxy groups -OCH3 is 1. The second-order valence-corrected chi connectivity index (χ2v) is 8.34. The average molecular weight is 487 g/mol. The van der Waals surface area contributed by atoms with E-state index in [4.69, 9.17) is 0 Å². The Morgan fingerprint density at radius 2 is 1.94 bits per heavy atom. The van der Waals surface area contributed by atoms with Crippen LogP contribution in [0.25, 0.3) is 11.4 Å². The van der Waals surface area contributed by atoms with Gasteiger partial charge in [0.15, 0.2) is 0 Å². The molecule has 12 heteroatoms. The molecule has 0 bridgehead atoms. The molecule has 0 aliphatic heterocycles. The van der Waals surface area contributed by atoms with Crippen molar-refractivity contribution in [2.24, 2.45) is 0 Å². The first-order chi connectivity index (χ1) is 16.6.